The van der Waals surface area contributed by atoms with Crippen molar-refractivity contribution in [3.63, 3.8) is 0 Å². The van der Waals surface area contributed by atoms with E-state index in [1.54, 1.807) is 0 Å². The van der Waals surface area contributed by atoms with Crippen molar-refractivity contribution in [1.82, 2.24) is 4.90 Å². The van der Waals surface area contributed by atoms with Crippen LogP contribution >= 0.6 is 0 Å². The molecule has 0 radical (unpaired) electrons. The minimum absolute atomic E-state index is 0.147. The molecule has 3 atom stereocenters. The number of nitrogens with two attached hydrogens (primary N) is 1. The Morgan fingerprint density at radius 3 is 2.78 bits per heavy atom. The second-order valence-electron chi connectivity index (χ2n) is 6.42. The standard InChI is InChI=1S/C15H30N2O/c1-2-13-7-4-3-5-10-17(13)14-8-6-9-15(16,11-14)12-18/h13-14,18H,2-12,16H2,1H3. The average Bonchev–Trinajstić information content (AvgIpc) is 2.63. The molecule has 0 aromatic rings. The van der Waals surface area contributed by atoms with E-state index < -0.39 is 0 Å². The van der Waals surface area contributed by atoms with Gasteiger partial charge in [0.1, 0.15) is 0 Å². The van der Waals surface area contributed by atoms with Gasteiger partial charge in [-0.15, -0.1) is 0 Å². The Balaban J connectivity index is 2.03. The maximum Gasteiger partial charge on any atom is 0.0611 e. The summed E-state index contributed by atoms with van der Waals surface area (Å²) in [5.41, 5.74) is 5.99. The van der Waals surface area contributed by atoms with E-state index in [4.69, 9.17) is 5.73 Å². The first kappa shape index (κ1) is 14.3. The predicted octanol–water partition coefficient (Wildman–Crippen LogP) is 2.27. The highest BCUT2D eigenvalue weighted by molar-refractivity contribution is 4.95. The highest BCUT2D eigenvalue weighted by Crippen LogP contribution is 2.33. The molecule has 1 saturated carbocycles. The maximum atomic E-state index is 9.50. The van der Waals surface area contributed by atoms with Crippen molar-refractivity contribution in [1.29, 1.82) is 0 Å². The van der Waals surface area contributed by atoms with Crippen molar-refractivity contribution in [2.75, 3.05) is 13.2 Å². The second-order valence-corrected chi connectivity index (χ2v) is 6.42. The van der Waals surface area contributed by atoms with Crippen LogP contribution in [0.15, 0.2) is 0 Å². The van der Waals surface area contributed by atoms with Gasteiger partial charge in [-0.1, -0.05) is 19.8 Å². The molecule has 3 heteroatoms. The van der Waals surface area contributed by atoms with Crippen LogP contribution in [-0.4, -0.2) is 40.8 Å². The smallest absolute Gasteiger partial charge is 0.0611 e. The molecule has 1 saturated heterocycles. The SMILES string of the molecule is CCC1CCCCCN1C1CCCC(N)(CO)C1. The van der Waals surface area contributed by atoms with Crippen molar-refractivity contribution in [3.8, 4) is 0 Å². The quantitative estimate of drug-likeness (QED) is 0.812. The molecule has 18 heavy (non-hydrogen) atoms. The first-order valence-corrected chi connectivity index (χ1v) is 7.84. The lowest BCUT2D eigenvalue weighted by Crippen LogP contribution is -2.55. The topological polar surface area (TPSA) is 49.5 Å². The maximum absolute atomic E-state index is 9.50. The fourth-order valence-corrected chi connectivity index (χ4v) is 3.91. The van der Waals surface area contributed by atoms with E-state index in [1.807, 2.05) is 0 Å². The van der Waals surface area contributed by atoms with Gasteiger partial charge in [0.2, 0.25) is 0 Å². The average molecular weight is 254 g/mol. The van der Waals surface area contributed by atoms with Gasteiger partial charge in [-0.2, -0.15) is 0 Å². The largest absolute Gasteiger partial charge is 0.394 e. The van der Waals surface area contributed by atoms with E-state index in [-0.39, 0.29) is 12.1 Å². The van der Waals surface area contributed by atoms with Gasteiger partial charge in [-0.25, -0.2) is 0 Å². The monoisotopic (exact) mass is 254 g/mol. The number of hydrogen-bond acceptors (Lipinski definition) is 3. The third kappa shape index (κ3) is 3.25. The highest BCUT2D eigenvalue weighted by Gasteiger charge is 2.36. The Kier molecular flexibility index (Phi) is 5.05. The molecular weight excluding hydrogens is 224 g/mol. The molecule has 2 aliphatic rings. The molecule has 0 amide bonds. The Hall–Kier alpha value is -0.120. The summed E-state index contributed by atoms with van der Waals surface area (Å²) in [7, 11) is 0. The lowest BCUT2D eigenvalue weighted by atomic mass is 9.79. The van der Waals surface area contributed by atoms with Crippen LogP contribution in [-0.2, 0) is 0 Å². The summed E-state index contributed by atoms with van der Waals surface area (Å²) in [6.07, 6.45) is 11.1. The highest BCUT2D eigenvalue weighted by atomic mass is 16.3. The summed E-state index contributed by atoms with van der Waals surface area (Å²) in [5.74, 6) is 0. The van der Waals surface area contributed by atoms with Gasteiger partial charge in [0.25, 0.3) is 0 Å². The van der Waals surface area contributed by atoms with Gasteiger partial charge in [-0.05, 0) is 51.5 Å². The summed E-state index contributed by atoms with van der Waals surface area (Å²) in [4.78, 5) is 2.73. The van der Waals surface area contributed by atoms with Crippen molar-refractivity contribution in [3.05, 3.63) is 0 Å². The molecule has 3 unspecified atom stereocenters. The molecule has 0 bridgehead atoms. The third-order valence-corrected chi connectivity index (χ3v) is 5.03. The summed E-state index contributed by atoms with van der Waals surface area (Å²) in [5, 5.41) is 9.50. The van der Waals surface area contributed by atoms with E-state index in [2.05, 4.69) is 11.8 Å². The zero-order valence-corrected chi connectivity index (χ0v) is 11.9. The van der Waals surface area contributed by atoms with Crippen LogP contribution < -0.4 is 5.73 Å². The molecule has 3 nitrogen and oxygen atoms in total. The van der Waals surface area contributed by atoms with Crippen LogP contribution in [0.4, 0.5) is 0 Å². The molecule has 1 aliphatic carbocycles. The molecule has 0 aromatic heterocycles. The van der Waals surface area contributed by atoms with Gasteiger partial charge in [0.15, 0.2) is 0 Å². The van der Waals surface area contributed by atoms with Gasteiger partial charge < -0.3 is 10.8 Å². The number of rotatable bonds is 3. The van der Waals surface area contributed by atoms with Crippen LogP contribution in [0.1, 0.15) is 64.7 Å². The zero-order valence-electron chi connectivity index (χ0n) is 11.9. The molecule has 1 heterocycles. The van der Waals surface area contributed by atoms with E-state index in [9.17, 15) is 5.11 Å². The summed E-state index contributed by atoms with van der Waals surface area (Å²) >= 11 is 0. The third-order valence-electron chi connectivity index (χ3n) is 5.03. The molecule has 3 N–H and O–H groups in total. The minimum Gasteiger partial charge on any atom is -0.394 e. The van der Waals surface area contributed by atoms with Gasteiger partial charge >= 0.3 is 0 Å². The molecule has 2 fully saturated rings. The first-order chi connectivity index (χ1) is 8.68. The number of hydrogen-bond donors (Lipinski definition) is 2. The van der Waals surface area contributed by atoms with Crippen LogP contribution in [0.3, 0.4) is 0 Å². The van der Waals surface area contributed by atoms with Crippen molar-refractivity contribution < 1.29 is 5.11 Å². The summed E-state index contributed by atoms with van der Waals surface area (Å²) in [6.45, 7) is 3.70. The van der Waals surface area contributed by atoms with Gasteiger partial charge in [-0.3, -0.25) is 4.90 Å². The van der Waals surface area contributed by atoms with Crippen molar-refractivity contribution in [2.45, 2.75) is 82.3 Å². The predicted molar refractivity (Wildman–Crippen MR) is 75.5 cm³/mol. The van der Waals surface area contributed by atoms with E-state index in [0.29, 0.717) is 6.04 Å². The summed E-state index contributed by atoms with van der Waals surface area (Å²) in [6, 6.07) is 1.36. The second kappa shape index (κ2) is 6.36. The minimum atomic E-state index is -0.312. The Morgan fingerprint density at radius 1 is 1.22 bits per heavy atom. The van der Waals surface area contributed by atoms with Crippen LogP contribution in [0.25, 0.3) is 0 Å². The van der Waals surface area contributed by atoms with E-state index >= 15 is 0 Å². The fraction of sp³-hybridized carbons (Fsp3) is 1.00. The molecule has 106 valence electrons. The Morgan fingerprint density at radius 2 is 2.06 bits per heavy atom. The van der Waals surface area contributed by atoms with Gasteiger partial charge in [0, 0.05) is 17.6 Å². The van der Waals surface area contributed by atoms with Gasteiger partial charge in [0.05, 0.1) is 6.61 Å². The number of aliphatic hydroxyl groups excluding tert-OH is 1. The molecular formula is C15H30N2O. The fourth-order valence-electron chi connectivity index (χ4n) is 3.91. The Labute approximate surface area is 112 Å². The molecule has 2 rings (SSSR count). The normalized spacial score (nSPS) is 39.5. The van der Waals surface area contributed by atoms with Crippen LogP contribution in [0.5, 0.6) is 0 Å². The number of aliphatic hydroxyl groups is 1. The van der Waals surface area contributed by atoms with Crippen molar-refractivity contribution in [2.24, 2.45) is 5.73 Å². The zero-order chi connectivity index (χ0) is 13.0. The molecule has 1 aliphatic heterocycles. The molecule has 0 spiro atoms. The number of likely N-dealkylation sites (tertiary alicyclic amines) is 1. The lowest BCUT2D eigenvalue weighted by Gasteiger charge is -2.44. The number of nitrogens with zero attached hydrogens (tertiary/aromatic N) is 1. The first-order valence-electron chi connectivity index (χ1n) is 7.84. The van der Waals surface area contributed by atoms with Crippen LogP contribution in [0.2, 0.25) is 0 Å². The van der Waals surface area contributed by atoms with E-state index in [1.165, 1.54) is 51.5 Å². The lowest BCUT2D eigenvalue weighted by molar-refractivity contribution is 0.0547. The van der Waals surface area contributed by atoms with Crippen LogP contribution in [0, 0.1) is 0 Å². The molecule has 0 aromatic carbocycles. The summed E-state index contributed by atoms with van der Waals surface area (Å²) < 4.78 is 0. The van der Waals surface area contributed by atoms with Crippen molar-refractivity contribution >= 4 is 0 Å². The van der Waals surface area contributed by atoms with E-state index in [0.717, 1.165) is 18.9 Å². The Bertz CT molecular complexity index is 259.